The molecule has 1 unspecified atom stereocenters. The number of halogens is 3. The molecule has 1 aliphatic heterocycles. The molecule has 2 aliphatic rings. The summed E-state index contributed by atoms with van der Waals surface area (Å²) < 4.78 is 15.0. The van der Waals surface area contributed by atoms with Gasteiger partial charge in [-0.3, -0.25) is 4.79 Å². The number of hydrogen-bond donors (Lipinski definition) is 0. The molecule has 2 fully saturated rings. The summed E-state index contributed by atoms with van der Waals surface area (Å²) in [6, 6.07) is 5.48. The maximum atomic E-state index is 15.0. The van der Waals surface area contributed by atoms with Crippen molar-refractivity contribution in [2.45, 2.75) is 37.8 Å². The van der Waals surface area contributed by atoms with Gasteiger partial charge in [0.2, 0.25) is 0 Å². The minimum absolute atomic E-state index is 0.173. The molecule has 1 saturated heterocycles. The lowest BCUT2D eigenvalue weighted by Gasteiger charge is -2.39. The number of ketones is 1. The molecule has 0 amide bonds. The molecule has 4 nitrogen and oxygen atoms in total. The van der Waals surface area contributed by atoms with E-state index in [9.17, 15) is 14.0 Å². The van der Waals surface area contributed by atoms with Crippen molar-refractivity contribution in [1.29, 1.82) is 0 Å². The number of hydrogen-bond acceptors (Lipinski definition) is 4. The fourth-order valence-electron chi connectivity index (χ4n) is 3.67. The van der Waals surface area contributed by atoms with Gasteiger partial charge in [-0.15, -0.1) is 0 Å². The smallest absolute Gasteiger partial charge is 0.174 e. The zero-order chi connectivity index (χ0) is 18.7. The summed E-state index contributed by atoms with van der Waals surface area (Å²) in [5.74, 6) is 1.49. The number of rotatable bonds is 4. The van der Waals surface area contributed by atoms with Crippen LogP contribution in [0, 0.1) is 0 Å². The van der Waals surface area contributed by atoms with E-state index in [1.807, 2.05) is 23.0 Å². The van der Waals surface area contributed by atoms with Crippen LogP contribution in [0.5, 0.6) is 0 Å². The number of nitrogens with zero attached hydrogens (tertiary/aromatic N) is 2. The lowest BCUT2D eigenvalue weighted by Crippen LogP contribution is -2.48. The zero-order valence-corrected chi connectivity index (χ0v) is 16.0. The van der Waals surface area contributed by atoms with Gasteiger partial charge in [0.15, 0.2) is 11.5 Å². The Morgan fingerprint density at radius 2 is 1.92 bits per heavy atom. The summed E-state index contributed by atoms with van der Waals surface area (Å²) in [4.78, 5) is 27.3. The van der Waals surface area contributed by atoms with Gasteiger partial charge in [0.05, 0.1) is 15.7 Å². The summed E-state index contributed by atoms with van der Waals surface area (Å²) in [5, 5.41) is 1.000. The third-order valence-corrected chi connectivity index (χ3v) is 6.03. The molecule has 26 heavy (non-hydrogen) atoms. The van der Waals surface area contributed by atoms with Crippen LogP contribution in [0.1, 0.15) is 32.1 Å². The van der Waals surface area contributed by atoms with E-state index in [1.54, 1.807) is 6.07 Å². The summed E-state index contributed by atoms with van der Waals surface area (Å²) in [6.45, 7) is 2.33. The molecule has 0 radical (unpaired) electrons. The highest BCUT2D eigenvalue weighted by Gasteiger charge is 2.42. The van der Waals surface area contributed by atoms with Gasteiger partial charge < -0.3 is 9.80 Å². The van der Waals surface area contributed by atoms with Gasteiger partial charge in [0.1, 0.15) is 11.6 Å². The lowest BCUT2D eigenvalue weighted by molar-refractivity contribution is -0.133. The molecule has 1 aliphatic carbocycles. The largest absolute Gasteiger partial charge is 0.367 e. The number of Topliss-reactive ketones (excluding diaryl/α,β-unsaturated/α-hetero) is 1. The van der Waals surface area contributed by atoms with Gasteiger partial charge in [0, 0.05) is 39.0 Å². The van der Waals surface area contributed by atoms with E-state index in [0.717, 1.165) is 12.1 Å². The van der Waals surface area contributed by atoms with Crippen LogP contribution in [0.2, 0.25) is 10.0 Å². The van der Waals surface area contributed by atoms with Crippen molar-refractivity contribution in [1.82, 2.24) is 4.90 Å². The standard InChI is InChI=1S/C19H21Cl2FN2O2/c20-15-4-3-5-16(18(15)21)24-10-8-23(9-11-24)14(13-25)12-19(22)7-2-1-6-17(19)26/h3-5H,1-2,6-12H2. The molecular weight excluding hydrogens is 378 g/mol. The maximum absolute atomic E-state index is 15.0. The summed E-state index contributed by atoms with van der Waals surface area (Å²) >= 11 is 12.3. The van der Waals surface area contributed by atoms with E-state index >= 15 is 0 Å². The predicted molar refractivity (Wildman–Crippen MR) is 101 cm³/mol. The Bertz CT molecular complexity index is 743. The average molecular weight is 399 g/mol. The van der Waals surface area contributed by atoms with E-state index in [4.69, 9.17) is 23.2 Å². The monoisotopic (exact) mass is 398 g/mol. The summed E-state index contributed by atoms with van der Waals surface area (Å²) in [5.41, 5.74) is -0.822. The van der Waals surface area contributed by atoms with Crippen molar-refractivity contribution in [2.75, 3.05) is 31.1 Å². The molecule has 1 saturated carbocycles. The lowest BCUT2D eigenvalue weighted by atomic mass is 9.82. The zero-order valence-electron chi connectivity index (χ0n) is 14.4. The first-order valence-corrected chi connectivity index (χ1v) is 9.60. The molecule has 0 bridgehead atoms. The minimum Gasteiger partial charge on any atom is -0.367 e. The van der Waals surface area contributed by atoms with Gasteiger partial charge in [-0.2, -0.15) is 0 Å². The van der Waals surface area contributed by atoms with Crippen molar-refractivity contribution in [2.24, 2.45) is 0 Å². The molecule has 1 atom stereocenters. The van der Waals surface area contributed by atoms with E-state index in [2.05, 4.69) is 4.90 Å². The minimum atomic E-state index is -1.92. The molecule has 0 spiro atoms. The Morgan fingerprint density at radius 1 is 1.19 bits per heavy atom. The van der Waals surface area contributed by atoms with Gasteiger partial charge in [0.25, 0.3) is 0 Å². The van der Waals surface area contributed by atoms with Gasteiger partial charge in [-0.25, -0.2) is 9.18 Å². The fourth-order valence-corrected chi connectivity index (χ4v) is 4.09. The van der Waals surface area contributed by atoms with Crippen LogP contribution in [0.3, 0.4) is 0 Å². The molecule has 1 aromatic carbocycles. The first-order chi connectivity index (χ1) is 12.4. The Hall–Kier alpha value is -1.55. The normalized spacial score (nSPS) is 23.7. The molecule has 140 valence electrons. The van der Waals surface area contributed by atoms with E-state index in [0.29, 0.717) is 42.6 Å². The second-order valence-electron chi connectivity index (χ2n) is 6.87. The van der Waals surface area contributed by atoms with Gasteiger partial charge >= 0.3 is 0 Å². The number of allylic oxidation sites excluding steroid dienone is 1. The van der Waals surface area contributed by atoms with Crippen LogP contribution in [0.15, 0.2) is 23.9 Å². The van der Waals surface area contributed by atoms with E-state index in [1.165, 1.54) is 0 Å². The highest BCUT2D eigenvalue weighted by Crippen LogP contribution is 2.36. The number of alkyl halides is 1. The SMILES string of the molecule is O=C=C(CC1(F)CCCCC1=O)N1CCN(c2cccc(Cl)c2Cl)CC1. The molecule has 1 heterocycles. The third-order valence-electron chi connectivity index (χ3n) is 5.23. The molecule has 7 heteroatoms. The number of piperazine rings is 1. The maximum Gasteiger partial charge on any atom is 0.174 e. The quantitative estimate of drug-likeness (QED) is 0.716. The predicted octanol–water partition coefficient (Wildman–Crippen LogP) is 4.07. The second kappa shape index (κ2) is 7.99. The van der Waals surface area contributed by atoms with Gasteiger partial charge in [-0.1, -0.05) is 29.3 Å². The van der Waals surface area contributed by atoms with E-state index < -0.39 is 5.67 Å². The van der Waals surface area contributed by atoms with E-state index in [-0.39, 0.29) is 30.7 Å². The highest BCUT2D eigenvalue weighted by atomic mass is 35.5. The van der Waals surface area contributed by atoms with Crippen LogP contribution in [-0.2, 0) is 9.59 Å². The number of benzene rings is 1. The Morgan fingerprint density at radius 3 is 2.58 bits per heavy atom. The number of carbonyl (C=O) groups is 1. The van der Waals surface area contributed by atoms with Crippen molar-refractivity contribution in [3.05, 3.63) is 33.9 Å². The second-order valence-corrected chi connectivity index (χ2v) is 7.65. The molecule has 3 rings (SSSR count). The molecule has 0 aromatic heterocycles. The van der Waals surface area contributed by atoms with Crippen molar-refractivity contribution in [3.8, 4) is 0 Å². The summed E-state index contributed by atoms with van der Waals surface area (Å²) in [6.07, 6.45) is 1.67. The third kappa shape index (κ3) is 3.90. The molecule has 0 N–H and O–H groups in total. The number of anilines is 1. The molecule has 1 aromatic rings. The van der Waals surface area contributed by atoms with Crippen LogP contribution in [0.4, 0.5) is 10.1 Å². The van der Waals surface area contributed by atoms with Crippen LogP contribution in [-0.4, -0.2) is 48.5 Å². The average Bonchev–Trinajstić information content (AvgIpc) is 2.65. The highest BCUT2D eigenvalue weighted by molar-refractivity contribution is 6.43. The van der Waals surface area contributed by atoms with Gasteiger partial charge in [-0.05, 0) is 31.4 Å². The Kier molecular flexibility index (Phi) is 5.91. The summed E-state index contributed by atoms with van der Waals surface area (Å²) in [7, 11) is 0. The first kappa shape index (κ1) is 19.2. The van der Waals surface area contributed by atoms with Crippen LogP contribution >= 0.6 is 23.2 Å². The Balaban J connectivity index is 1.65. The molecular formula is C19H21Cl2FN2O2. The fraction of sp³-hybridized carbons (Fsp3) is 0.526. The number of carbonyl (C=O) groups excluding carboxylic acids is 2. The first-order valence-electron chi connectivity index (χ1n) is 8.85. The van der Waals surface area contributed by atoms with Crippen molar-refractivity contribution in [3.63, 3.8) is 0 Å². The van der Waals surface area contributed by atoms with Crippen molar-refractivity contribution < 1.29 is 14.0 Å². The van der Waals surface area contributed by atoms with Crippen molar-refractivity contribution >= 4 is 40.6 Å². The van der Waals surface area contributed by atoms with Crippen LogP contribution < -0.4 is 4.90 Å². The topological polar surface area (TPSA) is 40.6 Å². The Labute approximate surface area is 162 Å². The van der Waals surface area contributed by atoms with Crippen LogP contribution in [0.25, 0.3) is 0 Å².